The molecule has 1 aliphatic rings. The number of aryl methyl sites for hydroxylation is 1. The van der Waals surface area contributed by atoms with Crippen LogP contribution in [0.5, 0.6) is 0 Å². The van der Waals surface area contributed by atoms with Crippen LogP contribution in [0.4, 0.5) is 23.3 Å². The van der Waals surface area contributed by atoms with Crippen molar-refractivity contribution in [1.82, 2.24) is 20.2 Å². The van der Waals surface area contributed by atoms with Crippen molar-refractivity contribution < 1.29 is 0 Å². The molecule has 0 amide bonds. The molecule has 1 saturated carbocycles. The second-order valence-corrected chi connectivity index (χ2v) is 6.84. The molecule has 1 aliphatic carbocycles. The molecule has 0 radical (unpaired) electrons. The zero-order chi connectivity index (χ0) is 16.5. The molecule has 0 unspecified atom stereocenters. The Morgan fingerprint density at radius 1 is 1.17 bits per heavy atom. The zero-order valence-corrected chi connectivity index (χ0v) is 14.8. The van der Waals surface area contributed by atoms with Gasteiger partial charge in [-0.3, -0.25) is 5.10 Å². The van der Waals surface area contributed by atoms with Gasteiger partial charge in [-0.25, -0.2) is 4.98 Å². The van der Waals surface area contributed by atoms with Crippen molar-refractivity contribution in [1.29, 1.82) is 0 Å². The van der Waals surface area contributed by atoms with Crippen molar-refractivity contribution in [3.8, 4) is 0 Å². The Kier molecular flexibility index (Phi) is 3.93. The topological polar surface area (TPSA) is 78.5 Å². The molecule has 0 atom stereocenters. The molecule has 1 fully saturated rings. The van der Waals surface area contributed by atoms with E-state index >= 15 is 0 Å². The summed E-state index contributed by atoms with van der Waals surface area (Å²) in [6.07, 6.45) is 4.20. The van der Waals surface area contributed by atoms with Gasteiger partial charge in [-0.15, -0.1) is 0 Å². The van der Waals surface area contributed by atoms with E-state index in [1.807, 2.05) is 30.3 Å². The molecule has 0 saturated heterocycles. The predicted molar refractivity (Wildman–Crippen MR) is 98.0 cm³/mol. The lowest BCUT2D eigenvalue weighted by Gasteiger charge is -2.09. The van der Waals surface area contributed by atoms with Crippen LogP contribution in [0.15, 0.2) is 41.0 Å². The summed E-state index contributed by atoms with van der Waals surface area (Å²) >= 11 is 3.48. The minimum atomic E-state index is 0.530. The fraction of sp³-hybridized carbons (Fsp3) is 0.235. The minimum absolute atomic E-state index is 0.530. The Hall–Kier alpha value is -2.41. The first kappa shape index (κ1) is 15.1. The Morgan fingerprint density at radius 2 is 1.96 bits per heavy atom. The highest BCUT2D eigenvalue weighted by Crippen LogP contribution is 2.39. The molecule has 0 aliphatic heterocycles. The third-order valence-electron chi connectivity index (χ3n) is 3.91. The maximum absolute atomic E-state index is 4.52. The van der Waals surface area contributed by atoms with Crippen molar-refractivity contribution in [2.24, 2.45) is 0 Å². The van der Waals surface area contributed by atoms with E-state index in [-0.39, 0.29) is 0 Å². The summed E-state index contributed by atoms with van der Waals surface area (Å²) in [6, 6.07) is 10.1. The van der Waals surface area contributed by atoms with Gasteiger partial charge in [0.2, 0.25) is 5.95 Å². The van der Waals surface area contributed by atoms with Crippen LogP contribution in [0.1, 0.15) is 30.0 Å². The first-order valence-corrected chi connectivity index (χ1v) is 8.65. The summed E-state index contributed by atoms with van der Waals surface area (Å²) in [7, 11) is 0. The zero-order valence-electron chi connectivity index (χ0n) is 13.2. The standard InChI is InChI=1S/C17H17BrN6/c1-10-2-6-12(7-3-10)20-17-19-9-13(18)16(22-17)21-15-8-14(23-24-15)11-4-5-11/h2-3,6-9,11H,4-5H2,1H3,(H3,19,20,21,22,23,24). The maximum atomic E-state index is 4.52. The Labute approximate surface area is 148 Å². The molecule has 7 heteroatoms. The van der Waals surface area contributed by atoms with Gasteiger partial charge >= 0.3 is 0 Å². The van der Waals surface area contributed by atoms with E-state index in [9.17, 15) is 0 Å². The van der Waals surface area contributed by atoms with Crippen LogP contribution in [0.2, 0.25) is 0 Å². The summed E-state index contributed by atoms with van der Waals surface area (Å²) in [4.78, 5) is 8.83. The van der Waals surface area contributed by atoms with Gasteiger partial charge in [0, 0.05) is 29.6 Å². The van der Waals surface area contributed by atoms with E-state index in [0.29, 0.717) is 17.7 Å². The summed E-state index contributed by atoms with van der Waals surface area (Å²) in [5.74, 6) is 2.61. The van der Waals surface area contributed by atoms with E-state index in [2.05, 4.69) is 53.7 Å². The van der Waals surface area contributed by atoms with Gasteiger partial charge < -0.3 is 10.6 Å². The van der Waals surface area contributed by atoms with Gasteiger partial charge in [-0.1, -0.05) is 17.7 Å². The van der Waals surface area contributed by atoms with Gasteiger partial charge in [0.25, 0.3) is 0 Å². The molecule has 3 aromatic rings. The van der Waals surface area contributed by atoms with E-state index in [0.717, 1.165) is 16.0 Å². The van der Waals surface area contributed by atoms with Crippen molar-refractivity contribution >= 4 is 39.2 Å². The first-order valence-electron chi connectivity index (χ1n) is 7.86. The number of nitrogens with one attached hydrogen (secondary N) is 3. The van der Waals surface area contributed by atoms with Crippen molar-refractivity contribution in [3.05, 3.63) is 52.3 Å². The lowest BCUT2D eigenvalue weighted by Crippen LogP contribution is -2.01. The normalized spacial score (nSPS) is 13.8. The number of H-pyrrole nitrogens is 1. The lowest BCUT2D eigenvalue weighted by atomic mass is 10.2. The van der Waals surface area contributed by atoms with E-state index in [4.69, 9.17) is 0 Å². The van der Waals surface area contributed by atoms with Gasteiger partial charge in [-0.2, -0.15) is 10.1 Å². The number of halogens is 1. The molecular weight excluding hydrogens is 368 g/mol. The van der Waals surface area contributed by atoms with Crippen LogP contribution in [0, 0.1) is 6.92 Å². The molecule has 1 aromatic carbocycles. The summed E-state index contributed by atoms with van der Waals surface area (Å²) in [6.45, 7) is 2.06. The molecule has 24 heavy (non-hydrogen) atoms. The average Bonchev–Trinajstić information content (AvgIpc) is 3.33. The van der Waals surface area contributed by atoms with Crippen molar-refractivity contribution in [3.63, 3.8) is 0 Å². The highest BCUT2D eigenvalue weighted by atomic mass is 79.9. The largest absolute Gasteiger partial charge is 0.324 e. The van der Waals surface area contributed by atoms with Crippen LogP contribution in [0.25, 0.3) is 0 Å². The minimum Gasteiger partial charge on any atom is -0.324 e. The van der Waals surface area contributed by atoms with Gasteiger partial charge in [0.15, 0.2) is 11.6 Å². The number of aromatic nitrogens is 4. The fourth-order valence-corrected chi connectivity index (χ4v) is 2.70. The number of benzene rings is 1. The van der Waals surface area contributed by atoms with Crippen LogP contribution in [-0.2, 0) is 0 Å². The van der Waals surface area contributed by atoms with E-state index < -0.39 is 0 Å². The number of nitrogens with zero attached hydrogens (tertiary/aromatic N) is 3. The number of hydrogen-bond donors (Lipinski definition) is 3. The molecule has 3 N–H and O–H groups in total. The second kappa shape index (κ2) is 6.24. The monoisotopic (exact) mass is 384 g/mol. The van der Waals surface area contributed by atoms with Crippen LogP contribution in [-0.4, -0.2) is 20.2 Å². The molecule has 122 valence electrons. The third-order valence-corrected chi connectivity index (χ3v) is 4.49. The number of anilines is 4. The summed E-state index contributed by atoms with van der Waals surface area (Å²) in [5, 5.41) is 13.8. The second-order valence-electron chi connectivity index (χ2n) is 5.99. The van der Waals surface area contributed by atoms with E-state index in [1.165, 1.54) is 24.1 Å². The smallest absolute Gasteiger partial charge is 0.229 e. The Bertz CT molecular complexity index is 854. The van der Waals surface area contributed by atoms with Gasteiger partial charge in [0.1, 0.15) is 0 Å². The molecule has 2 heterocycles. The molecule has 4 rings (SSSR count). The molecule has 6 nitrogen and oxygen atoms in total. The Balaban J connectivity index is 1.52. The van der Waals surface area contributed by atoms with Crippen LogP contribution in [0.3, 0.4) is 0 Å². The Morgan fingerprint density at radius 3 is 2.71 bits per heavy atom. The molecule has 0 spiro atoms. The first-order chi connectivity index (χ1) is 11.7. The fourth-order valence-electron chi connectivity index (χ4n) is 2.41. The van der Waals surface area contributed by atoms with E-state index in [1.54, 1.807) is 6.20 Å². The molecule has 2 aromatic heterocycles. The van der Waals surface area contributed by atoms with Gasteiger partial charge in [-0.05, 0) is 47.8 Å². The summed E-state index contributed by atoms with van der Waals surface area (Å²) in [5.41, 5.74) is 3.34. The number of rotatable bonds is 5. The number of hydrogen-bond acceptors (Lipinski definition) is 5. The SMILES string of the molecule is Cc1ccc(Nc2ncc(Br)c(Nc3cc(C4CC4)[nH]n3)n2)cc1. The molecule has 0 bridgehead atoms. The van der Waals surface area contributed by atoms with Crippen molar-refractivity contribution in [2.75, 3.05) is 10.6 Å². The predicted octanol–water partition coefficient (Wildman–Crippen LogP) is 4.64. The van der Waals surface area contributed by atoms with Crippen molar-refractivity contribution in [2.45, 2.75) is 25.7 Å². The summed E-state index contributed by atoms with van der Waals surface area (Å²) < 4.78 is 0.785. The lowest BCUT2D eigenvalue weighted by molar-refractivity contribution is 0.966. The maximum Gasteiger partial charge on any atom is 0.229 e. The molecular formula is C17H17BrN6. The average molecular weight is 385 g/mol. The highest BCUT2D eigenvalue weighted by Gasteiger charge is 2.25. The third kappa shape index (κ3) is 3.41. The quantitative estimate of drug-likeness (QED) is 0.597. The van der Waals surface area contributed by atoms with Gasteiger partial charge in [0.05, 0.1) is 4.47 Å². The van der Waals surface area contributed by atoms with Crippen LogP contribution < -0.4 is 10.6 Å². The highest BCUT2D eigenvalue weighted by molar-refractivity contribution is 9.10. The van der Waals surface area contributed by atoms with Crippen LogP contribution >= 0.6 is 15.9 Å². The number of aromatic amines is 1.